The standard InChI is InChI=1S/C13H17BrO2/c1-12(2)7-8-16-13(15,9-12)10-5-3-4-6-11(10)14/h3-6,15H,7-9H2,1-2H3. The number of aliphatic hydroxyl groups is 1. The first-order valence-electron chi connectivity index (χ1n) is 5.54. The summed E-state index contributed by atoms with van der Waals surface area (Å²) in [6.45, 7) is 4.93. The van der Waals surface area contributed by atoms with Gasteiger partial charge in [0.2, 0.25) is 0 Å². The Labute approximate surface area is 105 Å². The molecule has 2 rings (SSSR count). The Morgan fingerprint density at radius 2 is 2.00 bits per heavy atom. The molecule has 1 fully saturated rings. The van der Waals surface area contributed by atoms with E-state index in [-0.39, 0.29) is 5.41 Å². The van der Waals surface area contributed by atoms with E-state index in [9.17, 15) is 5.11 Å². The Kier molecular flexibility index (Phi) is 3.12. The molecular weight excluding hydrogens is 268 g/mol. The summed E-state index contributed by atoms with van der Waals surface area (Å²) in [6, 6.07) is 7.69. The van der Waals surface area contributed by atoms with Crippen molar-refractivity contribution in [1.82, 2.24) is 0 Å². The fourth-order valence-corrected chi connectivity index (χ4v) is 2.83. The van der Waals surface area contributed by atoms with Gasteiger partial charge in [-0.2, -0.15) is 0 Å². The van der Waals surface area contributed by atoms with E-state index in [2.05, 4.69) is 29.8 Å². The number of hydrogen-bond acceptors (Lipinski definition) is 2. The summed E-state index contributed by atoms with van der Waals surface area (Å²) in [5, 5.41) is 10.6. The first kappa shape index (κ1) is 12.1. The van der Waals surface area contributed by atoms with Crippen molar-refractivity contribution in [1.29, 1.82) is 0 Å². The highest BCUT2D eigenvalue weighted by molar-refractivity contribution is 9.10. The molecule has 1 saturated heterocycles. The molecule has 0 amide bonds. The Morgan fingerprint density at radius 3 is 2.62 bits per heavy atom. The minimum absolute atomic E-state index is 0.113. The summed E-state index contributed by atoms with van der Waals surface area (Å²) in [5.41, 5.74) is 0.935. The average molecular weight is 285 g/mol. The van der Waals surface area contributed by atoms with Crippen molar-refractivity contribution in [3.63, 3.8) is 0 Å². The Balaban J connectivity index is 2.35. The van der Waals surface area contributed by atoms with Gasteiger partial charge in [0.1, 0.15) is 0 Å². The van der Waals surface area contributed by atoms with Gasteiger partial charge in [0, 0.05) is 16.5 Å². The van der Waals surface area contributed by atoms with Gasteiger partial charge in [0.05, 0.1) is 6.61 Å². The lowest BCUT2D eigenvalue weighted by Gasteiger charge is -2.41. The molecule has 3 heteroatoms. The zero-order valence-electron chi connectivity index (χ0n) is 9.66. The predicted octanol–water partition coefficient (Wildman–Crippen LogP) is 3.43. The van der Waals surface area contributed by atoms with Crippen molar-refractivity contribution in [3.05, 3.63) is 34.3 Å². The van der Waals surface area contributed by atoms with Crippen LogP contribution in [0.4, 0.5) is 0 Å². The van der Waals surface area contributed by atoms with Crippen LogP contribution in [0.5, 0.6) is 0 Å². The van der Waals surface area contributed by atoms with Gasteiger partial charge in [-0.1, -0.05) is 48.0 Å². The molecule has 1 aliphatic rings. The Bertz CT molecular complexity index is 389. The van der Waals surface area contributed by atoms with Crippen LogP contribution in [0.1, 0.15) is 32.3 Å². The largest absolute Gasteiger partial charge is 0.362 e. The Morgan fingerprint density at radius 1 is 1.31 bits per heavy atom. The fourth-order valence-electron chi connectivity index (χ4n) is 2.24. The topological polar surface area (TPSA) is 29.5 Å². The van der Waals surface area contributed by atoms with Crippen LogP contribution in [-0.2, 0) is 10.5 Å². The summed E-state index contributed by atoms with van der Waals surface area (Å²) in [5.74, 6) is -1.15. The third-order valence-electron chi connectivity index (χ3n) is 3.13. The monoisotopic (exact) mass is 284 g/mol. The van der Waals surface area contributed by atoms with E-state index in [0.29, 0.717) is 13.0 Å². The van der Waals surface area contributed by atoms with Crippen LogP contribution in [0.2, 0.25) is 0 Å². The molecule has 0 bridgehead atoms. The second kappa shape index (κ2) is 4.13. The lowest BCUT2D eigenvalue weighted by Crippen LogP contribution is -2.41. The van der Waals surface area contributed by atoms with Gasteiger partial charge < -0.3 is 9.84 Å². The van der Waals surface area contributed by atoms with E-state index in [4.69, 9.17) is 4.74 Å². The fraction of sp³-hybridized carbons (Fsp3) is 0.538. The smallest absolute Gasteiger partial charge is 0.193 e. The third kappa shape index (κ3) is 2.31. The predicted molar refractivity (Wildman–Crippen MR) is 67.0 cm³/mol. The van der Waals surface area contributed by atoms with Gasteiger partial charge in [0.25, 0.3) is 0 Å². The summed E-state index contributed by atoms with van der Waals surface area (Å²) in [6.07, 6.45) is 1.61. The van der Waals surface area contributed by atoms with Gasteiger partial charge in [-0.15, -0.1) is 0 Å². The highest BCUT2D eigenvalue weighted by Crippen LogP contribution is 2.44. The molecule has 1 aliphatic heterocycles. The molecule has 0 aliphatic carbocycles. The van der Waals surface area contributed by atoms with Crippen molar-refractivity contribution in [2.24, 2.45) is 5.41 Å². The minimum atomic E-state index is -1.15. The molecule has 0 aromatic heterocycles. The van der Waals surface area contributed by atoms with Crippen LogP contribution in [-0.4, -0.2) is 11.7 Å². The second-order valence-corrected chi connectivity index (χ2v) is 6.06. The Hall–Kier alpha value is -0.380. The molecule has 1 unspecified atom stereocenters. The van der Waals surface area contributed by atoms with E-state index >= 15 is 0 Å². The van der Waals surface area contributed by atoms with Crippen LogP contribution in [0, 0.1) is 5.41 Å². The molecular formula is C13H17BrO2. The molecule has 2 nitrogen and oxygen atoms in total. The molecule has 16 heavy (non-hydrogen) atoms. The van der Waals surface area contributed by atoms with Crippen molar-refractivity contribution >= 4 is 15.9 Å². The van der Waals surface area contributed by atoms with E-state index < -0.39 is 5.79 Å². The highest BCUT2D eigenvalue weighted by atomic mass is 79.9. The maximum Gasteiger partial charge on any atom is 0.193 e. The summed E-state index contributed by atoms with van der Waals surface area (Å²) in [4.78, 5) is 0. The molecule has 0 spiro atoms. The molecule has 88 valence electrons. The summed E-state index contributed by atoms with van der Waals surface area (Å²) >= 11 is 3.46. The quantitative estimate of drug-likeness (QED) is 0.856. The maximum atomic E-state index is 10.6. The summed E-state index contributed by atoms with van der Waals surface area (Å²) < 4.78 is 6.49. The van der Waals surface area contributed by atoms with E-state index in [1.165, 1.54) is 0 Å². The van der Waals surface area contributed by atoms with Crippen molar-refractivity contribution in [2.75, 3.05) is 6.61 Å². The SMILES string of the molecule is CC1(C)CCOC(O)(c2ccccc2Br)C1. The first-order valence-corrected chi connectivity index (χ1v) is 6.34. The lowest BCUT2D eigenvalue weighted by molar-refractivity contribution is -0.257. The molecule has 1 heterocycles. The average Bonchev–Trinajstić information content (AvgIpc) is 2.16. The molecule has 1 aromatic rings. The van der Waals surface area contributed by atoms with Crippen LogP contribution in [0.15, 0.2) is 28.7 Å². The molecule has 1 aromatic carbocycles. The summed E-state index contributed by atoms with van der Waals surface area (Å²) in [7, 11) is 0. The third-order valence-corrected chi connectivity index (χ3v) is 3.82. The molecule has 0 radical (unpaired) electrons. The van der Waals surface area contributed by atoms with E-state index in [1.807, 2.05) is 24.3 Å². The van der Waals surface area contributed by atoms with Crippen LogP contribution >= 0.6 is 15.9 Å². The zero-order chi connectivity index (χ0) is 11.8. The number of rotatable bonds is 1. The zero-order valence-corrected chi connectivity index (χ0v) is 11.3. The van der Waals surface area contributed by atoms with Crippen LogP contribution in [0.3, 0.4) is 0 Å². The second-order valence-electron chi connectivity index (χ2n) is 5.20. The van der Waals surface area contributed by atoms with Gasteiger partial charge in [0.15, 0.2) is 5.79 Å². The number of halogens is 1. The van der Waals surface area contributed by atoms with Crippen molar-refractivity contribution in [3.8, 4) is 0 Å². The molecule has 1 N–H and O–H groups in total. The van der Waals surface area contributed by atoms with Gasteiger partial charge >= 0.3 is 0 Å². The number of ether oxygens (including phenoxy) is 1. The van der Waals surface area contributed by atoms with Crippen LogP contribution < -0.4 is 0 Å². The number of benzene rings is 1. The molecule has 1 atom stereocenters. The highest BCUT2D eigenvalue weighted by Gasteiger charge is 2.41. The van der Waals surface area contributed by atoms with Crippen molar-refractivity contribution < 1.29 is 9.84 Å². The molecule has 0 saturated carbocycles. The van der Waals surface area contributed by atoms with Crippen molar-refractivity contribution in [2.45, 2.75) is 32.5 Å². The maximum absolute atomic E-state index is 10.6. The normalized spacial score (nSPS) is 29.0. The first-order chi connectivity index (χ1) is 7.43. The van der Waals surface area contributed by atoms with E-state index in [1.54, 1.807) is 0 Å². The van der Waals surface area contributed by atoms with Gasteiger partial charge in [-0.3, -0.25) is 0 Å². The van der Waals surface area contributed by atoms with Gasteiger partial charge in [-0.05, 0) is 17.9 Å². The van der Waals surface area contributed by atoms with E-state index in [0.717, 1.165) is 16.5 Å². The van der Waals surface area contributed by atoms with Gasteiger partial charge in [-0.25, -0.2) is 0 Å². The van der Waals surface area contributed by atoms with Crippen LogP contribution in [0.25, 0.3) is 0 Å². The lowest BCUT2D eigenvalue weighted by atomic mass is 9.78. The minimum Gasteiger partial charge on any atom is -0.362 e. The number of hydrogen-bond donors (Lipinski definition) is 1.